The summed E-state index contributed by atoms with van der Waals surface area (Å²) < 4.78 is 4.78. The first-order valence-corrected chi connectivity index (χ1v) is 11.5. The van der Waals surface area contributed by atoms with Gasteiger partial charge in [0.2, 0.25) is 5.91 Å². The zero-order valence-electron chi connectivity index (χ0n) is 18.5. The van der Waals surface area contributed by atoms with E-state index in [1.165, 1.54) is 24.4 Å². The van der Waals surface area contributed by atoms with Crippen LogP contribution in [0, 0.1) is 6.92 Å². The van der Waals surface area contributed by atoms with Gasteiger partial charge in [-0.1, -0.05) is 35.9 Å². The molecule has 0 aromatic heterocycles. The number of esters is 1. The lowest BCUT2D eigenvalue weighted by Crippen LogP contribution is -2.23. The number of anilines is 3. The molecule has 0 aliphatic carbocycles. The average Bonchev–Trinajstić information content (AvgIpc) is 2.80. The average molecular weight is 480 g/mol. The quantitative estimate of drug-likeness (QED) is 0.228. The number of para-hydroxylation sites is 1. The number of rotatable bonds is 7. The molecule has 1 amide bonds. The van der Waals surface area contributed by atoms with Crippen molar-refractivity contribution in [1.82, 2.24) is 0 Å². The number of thioether (sulfide) groups is 1. The van der Waals surface area contributed by atoms with Crippen molar-refractivity contribution < 1.29 is 14.3 Å². The standard InChI is InChI=1S/C25H25N3O3S2/c1-16-11-13-18(14-12-16)26-25(32)27-19-7-6-8-20(15-19)33-17(2)23(29)28-22-10-5-4-9-21(22)24(30)31-3/h4-15,17H,1-3H3,(H,28,29)(H2,26,27,32). The summed E-state index contributed by atoms with van der Waals surface area (Å²) in [5, 5.41) is 9.22. The molecule has 3 rings (SSSR count). The van der Waals surface area contributed by atoms with E-state index >= 15 is 0 Å². The Morgan fingerprint density at radius 2 is 1.61 bits per heavy atom. The van der Waals surface area contributed by atoms with Gasteiger partial charge in [-0.15, -0.1) is 11.8 Å². The Morgan fingerprint density at radius 1 is 0.909 bits per heavy atom. The fraction of sp³-hybridized carbons (Fsp3) is 0.160. The molecule has 0 aliphatic rings. The van der Waals surface area contributed by atoms with Gasteiger partial charge in [-0.25, -0.2) is 4.79 Å². The van der Waals surface area contributed by atoms with Crippen molar-refractivity contribution in [1.29, 1.82) is 0 Å². The van der Waals surface area contributed by atoms with Crippen LogP contribution in [0.3, 0.4) is 0 Å². The van der Waals surface area contributed by atoms with E-state index in [-0.39, 0.29) is 5.91 Å². The van der Waals surface area contributed by atoms with Crippen molar-refractivity contribution in [3.05, 3.63) is 83.9 Å². The number of hydrogen-bond donors (Lipinski definition) is 3. The second-order valence-electron chi connectivity index (χ2n) is 7.26. The van der Waals surface area contributed by atoms with E-state index in [1.54, 1.807) is 24.3 Å². The van der Waals surface area contributed by atoms with Gasteiger partial charge in [-0.05, 0) is 68.5 Å². The molecular formula is C25H25N3O3S2. The minimum atomic E-state index is -0.500. The minimum Gasteiger partial charge on any atom is -0.465 e. The van der Waals surface area contributed by atoms with Gasteiger partial charge in [0.05, 0.1) is 23.6 Å². The van der Waals surface area contributed by atoms with Gasteiger partial charge in [0, 0.05) is 16.3 Å². The van der Waals surface area contributed by atoms with Crippen LogP contribution in [0.4, 0.5) is 17.1 Å². The van der Waals surface area contributed by atoms with Gasteiger partial charge >= 0.3 is 5.97 Å². The highest BCUT2D eigenvalue weighted by molar-refractivity contribution is 8.00. The molecule has 8 heteroatoms. The molecule has 1 atom stereocenters. The second-order valence-corrected chi connectivity index (χ2v) is 9.08. The highest BCUT2D eigenvalue weighted by atomic mass is 32.2. The molecule has 3 aromatic rings. The van der Waals surface area contributed by atoms with Crippen LogP contribution in [-0.4, -0.2) is 29.3 Å². The first-order valence-electron chi connectivity index (χ1n) is 10.3. The van der Waals surface area contributed by atoms with Crippen LogP contribution < -0.4 is 16.0 Å². The number of aryl methyl sites for hydroxylation is 1. The van der Waals surface area contributed by atoms with E-state index in [2.05, 4.69) is 16.0 Å². The summed E-state index contributed by atoms with van der Waals surface area (Å²) in [5.74, 6) is -0.716. The van der Waals surface area contributed by atoms with E-state index in [1.807, 2.05) is 62.4 Å². The first-order chi connectivity index (χ1) is 15.9. The van der Waals surface area contributed by atoms with Gasteiger partial charge in [0.25, 0.3) is 0 Å². The van der Waals surface area contributed by atoms with Crippen LogP contribution in [-0.2, 0) is 9.53 Å². The van der Waals surface area contributed by atoms with Gasteiger partial charge in [-0.3, -0.25) is 4.79 Å². The van der Waals surface area contributed by atoms with Gasteiger partial charge in [0.15, 0.2) is 5.11 Å². The summed E-state index contributed by atoms with van der Waals surface area (Å²) >= 11 is 6.81. The number of ether oxygens (including phenoxy) is 1. The lowest BCUT2D eigenvalue weighted by atomic mass is 10.2. The third-order valence-corrected chi connectivity index (χ3v) is 5.97. The number of carbonyl (C=O) groups is 2. The smallest absolute Gasteiger partial charge is 0.339 e. The molecule has 0 saturated carbocycles. The van der Waals surface area contributed by atoms with Crippen LogP contribution in [0.2, 0.25) is 0 Å². The second kappa shape index (κ2) is 11.5. The highest BCUT2D eigenvalue weighted by Crippen LogP contribution is 2.27. The molecule has 3 N–H and O–H groups in total. The molecule has 0 fully saturated rings. The molecule has 0 bridgehead atoms. The van der Waals surface area contributed by atoms with Gasteiger partial charge in [0.1, 0.15) is 0 Å². The van der Waals surface area contributed by atoms with Gasteiger partial charge < -0.3 is 20.7 Å². The van der Waals surface area contributed by atoms with E-state index in [4.69, 9.17) is 17.0 Å². The number of thiocarbonyl (C=S) groups is 1. The number of amides is 1. The highest BCUT2D eigenvalue weighted by Gasteiger charge is 2.18. The summed E-state index contributed by atoms with van der Waals surface area (Å²) in [4.78, 5) is 25.6. The molecule has 0 radical (unpaired) electrons. The number of methoxy groups -OCH3 is 1. The van der Waals surface area contributed by atoms with Crippen molar-refractivity contribution in [3.8, 4) is 0 Å². The largest absolute Gasteiger partial charge is 0.465 e. The Hall–Kier alpha value is -3.36. The Labute approximate surface area is 203 Å². The fourth-order valence-corrected chi connectivity index (χ4v) is 4.11. The topological polar surface area (TPSA) is 79.5 Å². The van der Waals surface area contributed by atoms with Crippen molar-refractivity contribution in [2.24, 2.45) is 0 Å². The Kier molecular flexibility index (Phi) is 8.46. The molecule has 6 nitrogen and oxygen atoms in total. The van der Waals surface area contributed by atoms with E-state index in [0.717, 1.165) is 16.3 Å². The lowest BCUT2D eigenvalue weighted by molar-refractivity contribution is -0.115. The number of hydrogen-bond acceptors (Lipinski definition) is 5. The molecular weight excluding hydrogens is 454 g/mol. The van der Waals surface area contributed by atoms with Crippen LogP contribution in [0.25, 0.3) is 0 Å². The SMILES string of the molecule is COC(=O)c1ccccc1NC(=O)C(C)Sc1cccc(NC(=S)Nc2ccc(C)cc2)c1. The molecule has 0 saturated heterocycles. The van der Waals surface area contributed by atoms with Crippen LogP contribution in [0.1, 0.15) is 22.8 Å². The van der Waals surface area contributed by atoms with Gasteiger partial charge in [-0.2, -0.15) is 0 Å². The number of nitrogens with one attached hydrogen (secondary N) is 3. The Bertz CT molecular complexity index is 1150. The monoisotopic (exact) mass is 479 g/mol. The molecule has 0 heterocycles. The zero-order chi connectivity index (χ0) is 23.8. The summed E-state index contributed by atoms with van der Waals surface area (Å²) in [7, 11) is 1.31. The van der Waals surface area contributed by atoms with Crippen molar-refractivity contribution >= 4 is 58.0 Å². The Balaban J connectivity index is 1.60. The minimum absolute atomic E-state index is 0.216. The van der Waals surface area contributed by atoms with E-state index < -0.39 is 11.2 Å². The molecule has 170 valence electrons. The van der Waals surface area contributed by atoms with Crippen LogP contribution >= 0.6 is 24.0 Å². The Morgan fingerprint density at radius 3 is 2.33 bits per heavy atom. The summed E-state index contributed by atoms with van der Waals surface area (Å²) in [5.41, 5.74) is 3.63. The van der Waals surface area contributed by atoms with Crippen molar-refractivity contribution in [3.63, 3.8) is 0 Å². The van der Waals surface area contributed by atoms with Crippen LogP contribution in [0.5, 0.6) is 0 Å². The lowest BCUT2D eigenvalue weighted by Gasteiger charge is -2.15. The summed E-state index contributed by atoms with van der Waals surface area (Å²) in [6.45, 7) is 3.84. The van der Waals surface area contributed by atoms with Crippen LogP contribution in [0.15, 0.2) is 77.7 Å². The fourth-order valence-electron chi connectivity index (χ4n) is 2.95. The zero-order valence-corrected chi connectivity index (χ0v) is 20.2. The third kappa shape index (κ3) is 7.06. The van der Waals surface area contributed by atoms with E-state index in [0.29, 0.717) is 16.4 Å². The molecule has 3 aromatic carbocycles. The number of benzene rings is 3. The number of carbonyl (C=O) groups excluding carboxylic acids is 2. The van der Waals surface area contributed by atoms with Crippen molar-refractivity contribution in [2.75, 3.05) is 23.1 Å². The predicted molar refractivity (Wildman–Crippen MR) is 139 cm³/mol. The maximum atomic E-state index is 12.7. The molecule has 0 aliphatic heterocycles. The maximum Gasteiger partial charge on any atom is 0.339 e. The summed E-state index contributed by atoms with van der Waals surface area (Å²) in [6, 6.07) is 22.4. The van der Waals surface area contributed by atoms with Crippen molar-refractivity contribution in [2.45, 2.75) is 24.0 Å². The molecule has 33 heavy (non-hydrogen) atoms. The maximum absolute atomic E-state index is 12.7. The normalized spacial score (nSPS) is 11.2. The molecule has 1 unspecified atom stereocenters. The molecule has 0 spiro atoms. The van der Waals surface area contributed by atoms with E-state index in [9.17, 15) is 9.59 Å². The third-order valence-electron chi connectivity index (χ3n) is 4.67. The summed E-state index contributed by atoms with van der Waals surface area (Å²) in [6.07, 6.45) is 0. The predicted octanol–water partition coefficient (Wildman–Crippen LogP) is 5.71. The first kappa shape index (κ1) is 24.3.